The van der Waals surface area contributed by atoms with Gasteiger partial charge in [-0.25, -0.2) is 0 Å². The van der Waals surface area contributed by atoms with Gasteiger partial charge in [0, 0.05) is 30.3 Å². The quantitative estimate of drug-likeness (QED) is 0.575. The second-order valence-corrected chi connectivity index (χ2v) is 7.77. The van der Waals surface area contributed by atoms with Crippen LogP contribution in [-0.2, 0) is 12.5 Å². The molecule has 1 aliphatic heterocycles. The Morgan fingerprint density at radius 2 is 1.86 bits per heavy atom. The van der Waals surface area contributed by atoms with Crippen molar-refractivity contribution < 1.29 is 13.7 Å². The number of hydrogen-bond donors (Lipinski definition) is 0. The predicted molar refractivity (Wildman–Crippen MR) is 112 cm³/mol. The number of benzene rings is 2. The lowest BCUT2D eigenvalue weighted by molar-refractivity contribution is -0.682. The molecule has 4 heteroatoms. The van der Waals surface area contributed by atoms with E-state index < -0.39 is 0 Å². The molecule has 4 nitrogen and oxygen atoms in total. The third kappa shape index (κ3) is 2.99. The standard InChI is InChI=1S/C24H27N2O2/c1-6-26-21-13-12-19(28-18-10-8-7-9-11-18)14-20(21)24(3,4)22(26)15-23-25(5)17(2)16-27-23/h7-16H,6H2,1-5H3/q+1. The summed E-state index contributed by atoms with van der Waals surface area (Å²) >= 11 is 0. The fourth-order valence-corrected chi connectivity index (χ4v) is 3.87. The van der Waals surface area contributed by atoms with Crippen LogP contribution in [0.3, 0.4) is 0 Å². The van der Waals surface area contributed by atoms with Crippen LogP contribution in [0.5, 0.6) is 11.5 Å². The van der Waals surface area contributed by atoms with Crippen LogP contribution in [0.1, 0.15) is 37.9 Å². The van der Waals surface area contributed by atoms with Gasteiger partial charge >= 0.3 is 5.89 Å². The molecule has 144 valence electrons. The lowest BCUT2D eigenvalue weighted by atomic mass is 9.83. The van der Waals surface area contributed by atoms with E-state index in [0.717, 1.165) is 29.6 Å². The Bertz CT molecular complexity index is 1030. The SMILES string of the molecule is CCN1C(=Cc2occ(C)[n+]2C)C(C)(C)c2cc(Oc3ccccc3)ccc21. The van der Waals surface area contributed by atoms with Crippen molar-refractivity contribution in [2.24, 2.45) is 7.05 Å². The third-order valence-electron chi connectivity index (χ3n) is 5.63. The summed E-state index contributed by atoms with van der Waals surface area (Å²) in [6, 6.07) is 16.3. The van der Waals surface area contributed by atoms with Gasteiger partial charge < -0.3 is 14.1 Å². The maximum Gasteiger partial charge on any atom is 0.374 e. The van der Waals surface area contributed by atoms with Gasteiger partial charge in [-0.2, -0.15) is 4.57 Å². The fourth-order valence-electron chi connectivity index (χ4n) is 3.87. The maximum atomic E-state index is 6.08. The summed E-state index contributed by atoms with van der Waals surface area (Å²) < 4.78 is 13.9. The largest absolute Gasteiger partial charge is 0.457 e. The second kappa shape index (κ2) is 6.86. The van der Waals surface area contributed by atoms with E-state index in [-0.39, 0.29) is 5.41 Å². The van der Waals surface area contributed by atoms with Gasteiger partial charge in [-0.1, -0.05) is 32.0 Å². The van der Waals surface area contributed by atoms with Crippen LogP contribution in [0.4, 0.5) is 5.69 Å². The Kier molecular flexibility index (Phi) is 4.50. The van der Waals surface area contributed by atoms with Crippen LogP contribution in [0.15, 0.2) is 64.9 Å². The van der Waals surface area contributed by atoms with E-state index in [9.17, 15) is 0 Å². The van der Waals surface area contributed by atoms with Gasteiger partial charge in [0.2, 0.25) is 5.69 Å². The van der Waals surface area contributed by atoms with E-state index in [1.54, 1.807) is 6.26 Å². The summed E-state index contributed by atoms with van der Waals surface area (Å²) in [4.78, 5) is 2.36. The Hall–Kier alpha value is -3.01. The minimum absolute atomic E-state index is 0.158. The van der Waals surface area contributed by atoms with Crippen LogP contribution in [0.25, 0.3) is 6.08 Å². The lowest BCUT2D eigenvalue weighted by Crippen LogP contribution is -2.33. The van der Waals surface area contributed by atoms with Gasteiger partial charge in [-0.05, 0) is 42.8 Å². The molecule has 2 heterocycles. The number of allylic oxidation sites excluding steroid dienone is 1. The van der Waals surface area contributed by atoms with E-state index in [0.29, 0.717) is 0 Å². The zero-order valence-electron chi connectivity index (χ0n) is 17.2. The van der Waals surface area contributed by atoms with Crippen molar-refractivity contribution in [3.05, 3.63) is 77.6 Å². The van der Waals surface area contributed by atoms with Crippen LogP contribution in [0, 0.1) is 6.92 Å². The zero-order valence-corrected chi connectivity index (χ0v) is 17.2. The smallest absolute Gasteiger partial charge is 0.374 e. The highest BCUT2D eigenvalue weighted by molar-refractivity contribution is 5.75. The van der Waals surface area contributed by atoms with Gasteiger partial charge in [0.05, 0.1) is 6.08 Å². The molecule has 28 heavy (non-hydrogen) atoms. The first kappa shape index (κ1) is 18.4. The van der Waals surface area contributed by atoms with E-state index >= 15 is 0 Å². The first-order valence-electron chi connectivity index (χ1n) is 9.73. The van der Waals surface area contributed by atoms with Gasteiger partial charge in [-0.3, -0.25) is 0 Å². The number of nitrogens with zero attached hydrogens (tertiary/aromatic N) is 2. The highest BCUT2D eigenvalue weighted by Crippen LogP contribution is 2.49. The van der Waals surface area contributed by atoms with Crippen molar-refractivity contribution in [2.45, 2.75) is 33.1 Å². The van der Waals surface area contributed by atoms with Crippen molar-refractivity contribution in [1.82, 2.24) is 0 Å². The second-order valence-electron chi connectivity index (χ2n) is 7.77. The Labute approximate surface area is 166 Å². The number of para-hydroxylation sites is 1. The molecule has 1 aromatic heterocycles. The number of aryl methyl sites for hydroxylation is 1. The minimum atomic E-state index is -0.158. The molecular formula is C24H27N2O2+. The number of anilines is 1. The first-order valence-corrected chi connectivity index (χ1v) is 9.73. The van der Waals surface area contributed by atoms with Crippen LogP contribution in [0.2, 0.25) is 0 Å². The maximum absolute atomic E-state index is 6.08. The molecule has 0 saturated carbocycles. The lowest BCUT2D eigenvalue weighted by Gasteiger charge is -2.25. The monoisotopic (exact) mass is 375 g/mol. The summed E-state index contributed by atoms with van der Waals surface area (Å²) in [6.07, 6.45) is 3.96. The topological polar surface area (TPSA) is 29.5 Å². The number of rotatable bonds is 4. The highest BCUT2D eigenvalue weighted by atomic mass is 16.5. The van der Waals surface area contributed by atoms with Crippen LogP contribution in [-0.4, -0.2) is 6.54 Å². The summed E-state index contributed by atoms with van der Waals surface area (Å²) in [7, 11) is 2.03. The Balaban J connectivity index is 1.76. The normalized spacial score (nSPS) is 16.5. The van der Waals surface area contributed by atoms with Crippen molar-refractivity contribution in [3.63, 3.8) is 0 Å². The zero-order chi connectivity index (χ0) is 19.9. The van der Waals surface area contributed by atoms with Crippen molar-refractivity contribution in [3.8, 4) is 11.5 Å². The predicted octanol–water partition coefficient (Wildman–Crippen LogP) is 5.36. The number of hydrogen-bond acceptors (Lipinski definition) is 3. The number of likely N-dealkylation sites (N-methyl/N-ethyl adjacent to an activating group) is 1. The molecule has 0 saturated heterocycles. The average molecular weight is 375 g/mol. The van der Waals surface area contributed by atoms with E-state index in [1.165, 1.54) is 16.9 Å². The highest BCUT2D eigenvalue weighted by Gasteiger charge is 2.41. The Morgan fingerprint density at radius 3 is 2.50 bits per heavy atom. The molecule has 0 bridgehead atoms. The third-order valence-corrected chi connectivity index (χ3v) is 5.63. The first-order chi connectivity index (χ1) is 13.4. The molecule has 3 aromatic rings. The Morgan fingerprint density at radius 1 is 1.11 bits per heavy atom. The molecule has 0 radical (unpaired) electrons. The minimum Gasteiger partial charge on any atom is -0.457 e. The van der Waals surface area contributed by atoms with Gasteiger partial charge in [0.1, 0.15) is 18.5 Å². The molecule has 0 amide bonds. The van der Waals surface area contributed by atoms with Crippen LogP contribution >= 0.6 is 0 Å². The summed E-state index contributed by atoms with van der Waals surface area (Å²) in [6.45, 7) is 9.64. The van der Waals surface area contributed by atoms with Crippen LogP contribution < -0.4 is 14.2 Å². The molecule has 0 fully saturated rings. The van der Waals surface area contributed by atoms with E-state index in [1.807, 2.05) is 50.4 Å². The van der Waals surface area contributed by atoms with Crippen molar-refractivity contribution in [1.29, 1.82) is 0 Å². The molecule has 0 N–H and O–H groups in total. The molecule has 0 atom stereocenters. The molecular weight excluding hydrogens is 348 g/mol. The van der Waals surface area contributed by atoms with Gasteiger partial charge in [-0.15, -0.1) is 0 Å². The summed E-state index contributed by atoms with van der Waals surface area (Å²) in [5.74, 6) is 2.56. The number of fused-ring (bicyclic) bond motifs is 1. The summed E-state index contributed by atoms with van der Waals surface area (Å²) in [5, 5.41) is 0. The molecule has 2 aromatic carbocycles. The number of ether oxygens (including phenoxy) is 1. The summed E-state index contributed by atoms with van der Waals surface area (Å²) in [5.41, 5.74) is 4.66. The molecule has 4 rings (SSSR count). The molecule has 0 aliphatic carbocycles. The molecule has 1 aliphatic rings. The van der Waals surface area contributed by atoms with Crippen molar-refractivity contribution >= 4 is 11.8 Å². The van der Waals surface area contributed by atoms with E-state index in [2.05, 4.69) is 48.4 Å². The van der Waals surface area contributed by atoms with Crippen molar-refractivity contribution in [2.75, 3.05) is 11.4 Å². The molecule has 0 unspecified atom stereocenters. The van der Waals surface area contributed by atoms with Gasteiger partial charge in [0.25, 0.3) is 0 Å². The fraction of sp³-hybridized carbons (Fsp3) is 0.292. The van der Waals surface area contributed by atoms with E-state index in [4.69, 9.17) is 9.15 Å². The average Bonchev–Trinajstić information content (AvgIpc) is 3.11. The number of oxazole rings is 1. The van der Waals surface area contributed by atoms with Gasteiger partial charge in [0.15, 0.2) is 6.26 Å². The molecule has 0 spiro atoms. The number of aromatic nitrogens is 1.